The van der Waals surface area contributed by atoms with Crippen LogP contribution in [-0.4, -0.2) is 24.8 Å². The van der Waals surface area contributed by atoms with E-state index in [-0.39, 0.29) is 5.56 Å². The van der Waals surface area contributed by atoms with Crippen LogP contribution in [0.15, 0.2) is 41.2 Å². The van der Waals surface area contributed by atoms with Crippen LogP contribution in [0.4, 0.5) is 5.00 Å². The van der Waals surface area contributed by atoms with Crippen LogP contribution in [0.2, 0.25) is 0 Å². The van der Waals surface area contributed by atoms with Gasteiger partial charge in [0.1, 0.15) is 0 Å². The van der Waals surface area contributed by atoms with Gasteiger partial charge in [-0.1, -0.05) is 29.8 Å². The molecule has 7 nitrogen and oxygen atoms in total. The molecule has 4 rings (SSSR count). The van der Waals surface area contributed by atoms with E-state index in [0.29, 0.717) is 22.3 Å². The van der Waals surface area contributed by atoms with E-state index in [4.69, 9.17) is 5.73 Å². The number of nitrogens with two attached hydrogens (primary N) is 1. The van der Waals surface area contributed by atoms with Gasteiger partial charge in [-0.2, -0.15) is 9.61 Å². The number of benzene rings is 1. The Kier molecular flexibility index (Phi) is 2.98. The Hall–Kier alpha value is -3.00. The lowest BCUT2D eigenvalue weighted by atomic mass is 10.1. The quantitative estimate of drug-likeness (QED) is 0.588. The molecule has 4 aromatic rings. The third-order valence-corrected chi connectivity index (χ3v) is 4.36. The Morgan fingerprint density at radius 3 is 2.61 bits per heavy atom. The predicted octanol–water partition coefficient (Wildman–Crippen LogP) is 2.10. The lowest BCUT2D eigenvalue weighted by molar-refractivity contribution is 0.900. The number of aromatic nitrogens is 5. The van der Waals surface area contributed by atoms with Gasteiger partial charge in [-0.25, -0.2) is 0 Å². The first-order chi connectivity index (χ1) is 11.1. The molecular formula is C15H12N6OS. The summed E-state index contributed by atoms with van der Waals surface area (Å²) in [6.45, 7) is 1.99. The summed E-state index contributed by atoms with van der Waals surface area (Å²) in [5, 5.41) is 13.2. The van der Waals surface area contributed by atoms with Crippen molar-refractivity contribution in [3.05, 3.63) is 52.3 Å². The van der Waals surface area contributed by atoms with Gasteiger partial charge in [0, 0.05) is 5.56 Å². The minimum absolute atomic E-state index is 0.299. The SMILES string of the molecule is Cc1ccc(-c2nn3c(-c4ccc(N)s4)nnc3[nH]c2=O)cc1. The molecule has 0 atom stereocenters. The first kappa shape index (κ1) is 13.6. The van der Waals surface area contributed by atoms with Gasteiger partial charge in [-0.15, -0.1) is 21.5 Å². The third kappa shape index (κ3) is 2.29. The van der Waals surface area contributed by atoms with Crippen LogP contribution in [0.1, 0.15) is 5.56 Å². The lowest BCUT2D eigenvalue weighted by Crippen LogP contribution is -2.15. The third-order valence-electron chi connectivity index (χ3n) is 3.45. The lowest BCUT2D eigenvalue weighted by Gasteiger charge is -2.02. The van der Waals surface area contributed by atoms with E-state index in [1.54, 1.807) is 6.07 Å². The van der Waals surface area contributed by atoms with Gasteiger partial charge in [0.15, 0.2) is 11.5 Å². The summed E-state index contributed by atoms with van der Waals surface area (Å²) in [7, 11) is 0. The molecule has 0 spiro atoms. The Balaban J connectivity index is 1.94. The number of H-pyrrole nitrogens is 1. The number of nitrogens with one attached hydrogen (secondary N) is 1. The Morgan fingerprint density at radius 2 is 1.91 bits per heavy atom. The second kappa shape index (κ2) is 5.03. The Labute approximate surface area is 134 Å². The Morgan fingerprint density at radius 1 is 1.13 bits per heavy atom. The number of aryl methyl sites for hydroxylation is 1. The number of hydrogen-bond donors (Lipinski definition) is 2. The van der Waals surface area contributed by atoms with E-state index in [1.807, 2.05) is 37.3 Å². The van der Waals surface area contributed by atoms with Crippen LogP contribution in [0.25, 0.3) is 27.7 Å². The number of hydrogen-bond acceptors (Lipinski definition) is 6. The molecule has 3 N–H and O–H groups in total. The summed E-state index contributed by atoms with van der Waals surface area (Å²) in [4.78, 5) is 15.8. The fourth-order valence-electron chi connectivity index (χ4n) is 2.29. The number of anilines is 1. The van der Waals surface area contributed by atoms with Crippen LogP contribution in [0.5, 0.6) is 0 Å². The topological polar surface area (TPSA) is 102 Å². The van der Waals surface area contributed by atoms with E-state index in [2.05, 4.69) is 20.3 Å². The first-order valence-electron chi connectivity index (χ1n) is 6.90. The maximum atomic E-state index is 12.3. The standard InChI is InChI=1S/C15H12N6OS/c1-8-2-4-9(5-3-8)12-14(22)17-15-19-18-13(21(15)20-12)10-6-7-11(16)23-10/h2-7H,16H2,1H3,(H,17,19,22). The van der Waals surface area contributed by atoms with Crippen molar-refractivity contribution in [3.8, 4) is 22.0 Å². The van der Waals surface area contributed by atoms with Crippen LogP contribution in [0.3, 0.4) is 0 Å². The predicted molar refractivity (Wildman–Crippen MR) is 89.3 cm³/mol. The van der Waals surface area contributed by atoms with Crippen LogP contribution < -0.4 is 11.3 Å². The van der Waals surface area contributed by atoms with E-state index in [0.717, 1.165) is 16.0 Å². The highest BCUT2D eigenvalue weighted by atomic mass is 32.1. The van der Waals surface area contributed by atoms with E-state index in [1.165, 1.54) is 15.9 Å². The number of thiophene rings is 1. The highest BCUT2D eigenvalue weighted by Gasteiger charge is 2.15. The van der Waals surface area contributed by atoms with Crippen molar-refractivity contribution in [1.29, 1.82) is 0 Å². The van der Waals surface area contributed by atoms with Crippen molar-refractivity contribution < 1.29 is 0 Å². The fraction of sp³-hybridized carbons (Fsp3) is 0.0667. The van der Waals surface area contributed by atoms with E-state index in [9.17, 15) is 4.79 Å². The number of nitrogen functional groups attached to an aromatic ring is 1. The first-order valence-corrected chi connectivity index (χ1v) is 7.72. The molecule has 0 saturated carbocycles. The molecule has 3 aromatic heterocycles. The highest BCUT2D eigenvalue weighted by Crippen LogP contribution is 2.27. The molecule has 0 fully saturated rings. The summed E-state index contributed by atoms with van der Waals surface area (Å²) >= 11 is 1.39. The zero-order valence-corrected chi connectivity index (χ0v) is 13.0. The molecule has 0 aliphatic rings. The molecule has 3 heterocycles. The normalized spacial score (nSPS) is 11.2. The zero-order chi connectivity index (χ0) is 16.0. The van der Waals surface area contributed by atoms with Crippen molar-refractivity contribution in [2.75, 3.05) is 5.73 Å². The number of fused-ring (bicyclic) bond motifs is 1. The molecule has 0 saturated heterocycles. The average molecular weight is 324 g/mol. The summed E-state index contributed by atoms with van der Waals surface area (Å²) in [5.74, 6) is 0.846. The van der Waals surface area contributed by atoms with Crippen molar-refractivity contribution in [2.24, 2.45) is 0 Å². The molecule has 0 amide bonds. The van der Waals surface area contributed by atoms with Gasteiger partial charge >= 0.3 is 0 Å². The van der Waals surface area contributed by atoms with Crippen molar-refractivity contribution in [1.82, 2.24) is 24.8 Å². The van der Waals surface area contributed by atoms with Crippen LogP contribution >= 0.6 is 11.3 Å². The second-order valence-corrected chi connectivity index (χ2v) is 6.25. The number of aromatic amines is 1. The smallest absolute Gasteiger partial charge is 0.279 e. The van der Waals surface area contributed by atoms with E-state index >= 15 is 0 Å². The zero-order valence-electron chi connectivity index (χ0n) is 12.1. The van der Waals surface area contributed by atoms with Crippen molar-refractivity contribution >= 4 is 22.1 Å². The van der Waals surface area contributed by atoms with Gasteiger partial charge in [-0.3, -0.25) is 9.78 Å². The highest BCUT2D eigenvalue weighted by molar-refractivity contribution is 7.19. The van der Waals surface area contributed by atoms with Gasteiger partial charge in [-0.05, 0) is 19.1 Å². The molecule has 1 aromatic carbocycles. The summed E-state index contributed by atoms with van der Waals surface area (Å²) in [5.41, 5.74) is 7.65. The van der Waals surface area contributed by atoms with Crippen molar-refractivity contribution in [2.45, 2.75) is 6.92 Å². The van der Waals surface area contributed by atoms with Crippen LogP contribution in [0, 0.1) is 6.92 Å². The Bertz CT molecular complexity index is 1060. The summed E-state index contributed by atoms with van der Waals surface area (Å²) < 4.78 is 1.53. The number of nitrogens with zero attached hydrogens (tertiary/aromatic N) is 4. The molecule has 0 bridgehead atoms. The van der Waals surface area contributed by atoms with Crippen molar-refractivity contribution in [3.63, 3.8) is 0 Å². The number of rotatable bonds is 2. The summed E-state index contributed by atoms with van der Waals surface area (Å²) in [6.07, 6.45) is 0. The minimum Gasteiger partial charge on any atom is -0.391 e. The van der Waals surface area contributed by atoms with Gasteiger partial charge in [0.05, 0.1) is 9.88 Å². The fourth-order valence-corrected chi connectivity index (χ4v) is 3.03. The molecule has 0 aliphatic carbocycles. The van der Waals surface area contributed by atoms with Gasteiger partial charge in [0.2, 0.25) is 0 Å². The molecule has 114 valence electrons. The minimum atomic E-state index is -0.300. The molecule has 0 aliphatic heterocycles. The molecule has 0 unspecified atom stereocenters. The second-order valence-electron chi connectivity index (χ2n) is 5.13. The van der Waals surface area contributed by atoms with Gasteiger partial charge in [0.25, 0.3) is 11.3 Å². The monoisotopic (exact) mass is 324 g/mol. The molecule has 0 radical (unpaired) electrons. The maximum absolute atomic E-state index is 12.3. The van der Waals surface area contributed by atoms with Gasteiger partial charge < -0.3 is 5.73 Å². The average Bonchev–Trinajstić information content (AvgIpc) is 3.13. The van der Waals surface area contributed by atoms with Crippen LogP contribution in [-0.2, 0) is 0 Å². The molecule has 23 heavy (non-hydrogen) atoms. The van der Waals surface area contributed by atoms with E-state index < -0.39 is 0 Å². The maximum Gasteiger partial charge on any atom is 0.279 e. The summed E-state index contributed by atoms with van der Waals surface area (Å²) in [6, 6.07) is 11.3. The largest absolute Gasteiger partial charge is 0.391 e. The molecular weight excluding hydrogens is 312 g/mol. The molecule has 8 heteroatoms.